The van der Waals surface area contributed by atoms with Crippen LogP contribution in [-0.2, 0) is 45.7 Å². The van der Waals surface area contributed by atoms with Gasteiger partial charge in [0, 0.05) is 31.5 Å². The van der Waals surface area contributed by atoms with Crippen molar-refractivity contribution in [2.45, 2.75) is 181 Å². The Morgan fingerprint density at radius 2 is 1.16 bits per heavy atom. The van der Waals surface area contributed by atoms with E-state index in [9.17, 15) is 14.4 Å². The van der Waals surface area contributed by atoms with E-state index in [2.05, 4.69) is 120 Å². The molecule has 6 saturated carbocycles. The number of nitrogens with zero attached hydrogens (tertiary/aromatic N) is 1. The lowest BCUT2D eigenvalue weighted by Crippen LogP contribution is -2.65. The SMILES string of the molecule is Cc1ccc(C[C@H](NC(=O)OC[C@H]2CCCN(C(=O)OC(C)(C)C)C2)B2O[C@@H]3C[C@@H]4C[C@@H](C4(C)C)[C@]3(C)O2)cc1.Cc1ccc(C[C@H](NC(=O)OC[C@H]2CCCNC2)B2O[C@@H]3C[C@@H]4C[C@@H](C4(C)C)[C@]3(C)O2)cc1. The first-order chi connectivity index (χ1) is 34.5. The number of alkyl carbamates (subject to hydrolysis) is 2. The lowest BCUT2D eigenvalue weighted by molar-refractivity contribution is -0.199. The molecule has 0 aromatic heterocycles. The minimum absolute atomic E-state index is 0.0358. The monoisotopic (exact) mass is 1010 g/mol. The summed E-state index contributed by atoms with van der Waals surface area (Å²) < 4.78 is 43.4. The van der Waals surface area contributed by atoms with Crippen LogP contribution in [0.5, 0.6) is 0 Å². The Hall–Kier alpha value is -3.82. The highest BCUT2D eigenvalue weighted by atomic mass is 16.7. The molecule has 14 nitrogen and oxygen atoms in total. The van der Waals surface area contributed by atoms with Crippen molar-refractivity contribution in [1.82, 2.24) is 20.9 Å². The fraction of sp³-hybridized carbons (Fsp3) is 0.737. The van der Waals surface area contributed by atoms with Gasteiger partial charge >= 0.3 is 32.5 Å². The largest absolute Gasteiger partial charge is 0.482 e. The smallest absolute Gasteiger partial charge is 0.449 e. The van der Waals surface area contributed by atoms with Crippen LogP contribution in [0.25, 0.3) is 0 Å². The maximum Gasteiger partial charge on any atom is 0.482 e. The predicted molar refractivity (Wildman–Crippen MR) is 283 cm³/mol. The summed E-state index contributed by atoms with van der Waals surface area (Å²) in [6, 6.07) is 16.8. The van der Waals surface area contributed by atoms with E-state index < -0.39 is 25.9 Å². The zero-order valence-corrected chi connectivity index (χ0v) is 45.9. The van der Waals surface area contributed by atoms with Crippen molar-refractivity contribution in [3.05, 3.63) is 70.8 Å². The summed E-state index contributed by atoms with van der Waals surface area (Å²) in [5.74, 6) is 2.05. The number of piperidine rings is 2. The minimum atomic E-state index is -0.545. The summed E-state index contributed by atoms with van der Waals surface area (Å²) in [6.07, 6.45) is 8.57. The Bertz CT molecular complexity index is 2260. The molecule has 6 aliphatic carbocycles. The molecule has 10 aliphatic rings. The molecule has 10 fully saturated rings. The van der Waals surface area contributed by atoms with Gasteiger partial charge in [-0.05, 0) is 165 Å². The Kier molecular flexibility index (Phi) is 15.8. The van der Waals surface area contributed by atoms with Crippen LogP contribution in [-0.4, -0.2) is 118 Å². The van der Waals surface area contributed by atoms with Crippen molar-refractivity contribution in [2.24, 2.45) is 46.3 Å². The van der Waals surface area contributed by atoms with Crippen LogP contribution in [0, 0.1) is 60.2 Å². The van der Waals surface area contributed by atoms with Crippen molar-refractivity contribution < 1.29 is 47.2 Å². The van der Waals surface area contributed by atoms with Gasteiger partial charge in [-0.1, -0.05) is 87.4 Å². The standard InChI is InChI=1S/C31H47BN2O6.C26H39BN2O4/c1-20-10-12-21(13-11-20)15-26(32-39-25-17-23-16-24(30(23,5)6)31(25,7)40-32)33-27(35)37-19-22-9-8-14-34(18-22)28(36)38-29(2,3)4;1-17-7-9-18(10-8-17)12-23(29-24(30)31-16-19-6-5-11-28-15-19)27-32-22-14-20-13-21(25(20,2)3)26(22,4)33-27/h10-13,22-26H,8-9,14-19H2,1-7H3,(H,33,35);7-10,19-23,28H,5-6,11-16H2,1-4H3,(H,29,30)/t22-,23-,24-,25+,26-,31-;19-,20-,21-,22+,23-,26-/m00/s1. The number of hydrogen-bond acceptors (Lipinski definition) is 11. The average Bonchev–Trinajstić information content (AvgIpc) is 3.90. The summed E-state index contributed by atoms with van der Waals surface area (Å²) in [5.41, 5.74) is 4.01. The molecule has 12 atom stereocenters. The highest BCUT2D eigenvalue weighted by Gasteiger charge is 2.70. The second-order valence-electron chi connectivity index (χ2n) is 25.9. The van der Waals surface area contributed by atoms with E-state index in [0.29, 0.717) is 62.1 Å². The molecule has 73 heavy (non-hydrogen) atoms. The summed E-state index contributed by atoms with van der Waals surface area (Å²) in [4.78, 5) is 40.2. The molecule has 0 unspecified atom stereocenters. The van der Waals surface area contributed by atoms with Gasteiger partial charge in [0.25, 0.3) is 0 Å². The van der Waals surface area contributed by atoms with Gasteiger partial charge in [-0.3, -0.25) is 0 Å². The molecule has 400 valence electrons. The normalized spacial score (nSPS) is 33.3. The van der Waals surface area contributed by atoms with Gasteiger partial charge in [-0.2, -0.15) is 0 Å². The zero-order valence-electron chi connectivity index (χ0n) is 45.9. The van der Waals surface area contributed by atoms with Gasteiger partial charge in [0.05, 0.1) is 48.5 Å². The van der Waals surface area contributed by atoms with Gasteiger partial charge in [-0.15, -0.1) is 0 Å². The molecule has 2 aromatic carbocycles. The van der Waals surface area contributed by atoms with Gasteiger partial charge in [0.1, 0.15) is 5.60 Å². The van der Waals surface area contributed by atoms with Crippen molar-refractivity contribution in [3.8, 4) is 0 Å². The molecule has 4 heterocycles. The second kappa shape index (κ2) is 21.3. The van der Waals surface area contributed by atoms with Crippen LogP contribution >= 0.6 is 0 Å². The molecule has 4 aliphatic heterocycles. The van der Waals surface area contributed by atoms with Crippen LogP contribution in [0.2, 0.25) is 0 Å². The van der Waals surface area contributed by atoms with Crippen LogP contribution in [0.15, 0.2) is 48.5 Å². The molecule has 0 radical (unpaired) electrons. The number of hydrogen-bond donors (Lipinski definition) is 3. The summed E-state index contributed by atoms with van der Waals surface area (Å²) in [6.45, 7) is 27.4. The van der Waals surface area contributed by atoms with E-state index >= 15 is 0 Å². The summed E-state index contributed by atoms with van der Waals surface area (Å²) in [7, 11) is -1.02. The molecule has 3 N–H and O–H groups in total. The molecule has 3 amide bonds. The number of carbonyl (C=O) groups is 3. The van der Waals surface area contributed by atoms with Gasteiger partial charge in [-0.25, -0.2) is 14.4 Å². The lowest BCUT2D eigenvalue weighted by Gasteiger charge is -2.64. The number of ether oxygens (including phenoxy) is 3. The van der Waals surface area contributed by atoms with E-state index in [1.807, 2.05) is 20.8 Å². The fourth-order valence-corrected chi connectivity index (χ4v) is 14.1. The van der Waals surface area contributed by atoms with Crippen LogP contribution in [0.3, 0.4) is 0 Å². The third kappa shape index (κ3) is 11.8. The Morgan fingerprint density at radius 1 is 0.699 bits per heavy atom. The topological polar surface area (TPSA) is 155 Å². The van der Waals surface area contributed by atoms with E-state index in [4.69, 9.17) is 32.8 Å². The Morgan fingerprint density at radius 3 is 1.60 bits per heavy atom. The maximum absolute atomic E-state index is 13.1. The number of carbonyl (C=O) groups excluding carboxylic acids is 3. The number of aryl methyl sites for hydroxylation is 2. The highest BCUT2D eigenvalue weighted by Crippen LogP contribution is 2.67. The maximum atomic E-state index is 13.1. The number of nitrogens with one attached hydrogen (secondary N) is 3. The van der Waals surface area contributed by atoms with E-state index in [1.165, 1.54) is 24.0 Å². The molecule has 4 saturated heterocycles. The highest BCUT2D eigenvalue weighted by molar-refractivity contribution is 6.48. The summed E-state index contributed by atoms with van der Waals surface area (Å²) in [5, 5.41) is 9.57. The third-order valence-electron chi connectivity index (χ3n) is 18.8. The number of amides is 3. The van der Waals surface area contributed by atoms with E-state index in [-0.39, 0.29) is 70.8 Å². The van der Waals surface area contributed by atoms with Crippen molar-refractivity contribution in [1.29, 1.82) is 0 Å². The molecule has 0 spiro atoms. The van der Waals surface area contributed by atoms with E-state index in [0.717, 1.165) is 62.7 Å². The Labute approximate surface area is 436 Å². The molecular weight excluding hydrogens is 922 g/mol. The molecule has 12 rings (SSSR count). The summed E-state index contributed by atoms with van der Waals surface area (Å²) >= 11 is 0. The molecule has 4 bridgehead atoms. The number of benzene rings is 2. The first-order valence-corrected chi connectivity index (χ1v) is 27.8. The van der Waals surface area contributed by atoms with Gasteiger partial charge in [0.15, 0.2) is 0 Å². The second-order valence-corrected chi connectivity index (χ2v) is 25.9. The van der Waals surface area contributed by atoms with Crippen molar-refractivity contribution >= 4 is 32.5 Å². The quantitative estimate of drug-likeness (QED) is 0.138. The molecule has 16 heteroatoms. The van der Waals surface area contributed by atoms with Gasteiger partial charge < -0.3 is 53.7 Å². The van der Waals surface area contributed by atoms with Crippen LogP contribution < -0.4 is 16.0 Å². The number of rotatable bonds is 12. The first-order valence-electron chi connectivity index (χ1n) is 27.8. The average molecular weight is 1010 g/mol. The van der Waals surface area contributed by atoms with Crippen LogP contribution in [0.4, 0.5) is 14.4 Å². The van der Waals surface area contributed by atoms with Gasteiger partial charge in [0.2, 0.25) is 0 Å². The minimum Gasteiger partial charge on any atom is -0.449 e. The van der Waals surface area contributed by atoms with Crippen molar-refractivity contribution in [3.63, 3.8) is 0 Å². The van der Waals surface area contributed by atoms with E-state index in [1.54, 1.807) is 4.90 Å². The fourth-order valence-electron chi connectivity index (χ4n) is 14.1. The zero-order chi connectivity index (χ0) is 52.1. The lowest BCUT2D eigenvalue weighted by atomic mass is 9.43. The molecule has 2 aromatic rings. The number of likely N-dealkylation sites (tertiary alicyclic amines) is 1. The Balaban J connectivity index is 0.000000183. The van der Waals surface area contributed by atoms with Crippen LogP contribution in [0.1, 0.15) is 136 Å². The van der Waals surface area contributed by atoms with Crippen molar-refractivity contribution in [2.75, 3.05) is 39.4 Å². The predicted octanol–water partition coefficient (Wildman–Crippen LogP) is 9.45. The first kappa shape index (κ1) is 54.0. The third-order valence-corrected chi connectivity index (χ3v) is 18.8. The molecular formula is C57H86B2N4O10.